The Balaban J connectivity index is 1.74. The largest absolute Gasteiger partial charge is 0.411 e. The lowest BCUT2D eigenvalue weighted by atomic mass is 9.71. The normalized spacial score (nSPS) is 15.9. The van der Waals surface area contributed by atoms with Crippen molar-refractivity contribution in [3.8, 4) is 0 Å². The van der Waals surface area contributed by atoms with Crippen LogP contribution >= 0.6 is 0 Å². The lowest BCUT2D eigenvalue weighted by molar-refractivity contribution is -0.288. The summed E-state index contributed by atoms with van der Waals surface area (Å²) < 4.78 is 90.9. The molecule has 0 aliphatic carbocycles. The second-order valence-corrected chi connectivity index (χ2v) is 14.4. The standard InChI is InChI=1S/C36H34F6N2O4/c1-17-14-18(2)27(19(3)26(17)32(4,5)6)43-28(45)22-12-10-20(15-24(22)29(43)46)34(35(37,38)39,36(40,41)42)21-11-13-23-25(16-21)31(48)44(30(23)47)33(7,8)9/h10-16H,1-9H3. The highest BCUT2D eigenvalue weighted by molar-refractivity contribution is 6.35. The zero-order valence-corrected chi connectivity index (χ0v) is 27.8. The Morgan fingerprint density at radius 1 is 0.542 bits per heavy atom. The molecule has 0 saturated carbocycles. The number of amides is 4. The number of imide groups is 2. The summed E-state index contributed by atoms with van der Waals surface area (Å²) in [5.74, 6) is -3.84. The van der Waals surface area contributed by atoms with Crippen molar-refractivity contribution in [3.05, 3.63) is 98.1 Å². The predicted molar refractivity (Wildman–Crippen MR) is 167 cm³/mol. The van der Waals surface area contributed by atoms with Gasteiger partial charge in [-0.1, -0.05) is 39.0 Å². The highest BCUT2D eigenvalue weighted by Gasteiger charge is 2.73. The van der Waals surface area contributed by atoms with Crippen LogP contribution in [0.15, 0.2) is 42.5 Å². The highest BCUT2D eigenvalue weighted by atomic mass is 19.4. The maximum Gasteiger partial charge on any atom is 0.411 e. The maximum atomic E-state index is 15.2. The highest BCUT2D eigenvalue weighted by Crippen LogP contribution is 2.57. The molecule has 0 unspecified atom stereocenters. The van der Waals surface area contributed by atoms with Gasteiger partial charge in [0.1, 0.15) is 0 Å². The van der Waals surface area contributed by atoms with E-state index in [1.807, 2.05) is 27.7 Å². The first kappa shape index (κ1) is 34.8. The number of carbonyl (C=O) groups is 4. The minimum absolute atomic E-state index is 0.210. The van der Waals surface area contributed by atoms with Crippen molar-refractivity contribution in [1.82, 2.24) is 4.90 Å². The van der Waals surface area contributed by atoms with Gasteiger partial charge in [0.05, 0.1) is 27.9 Å². The van der Waals surface area contributed by atoms with Gasteiger partial charge < -0.3 is 0 Å². The van der Waals surface area contributed by atoms with Gasteiger partial charge in [-0.25, -0.2) is 4.90 Å². The minimum atomic E-state index is -6.06. The van der Waals surface area contributed by atoms with Crippen molar-refractivity contribution in [2.75, 3.05) is 4.90 Å². The molecule has 0 atom stereocenters. The fourth-order valence-electron chi connectivity index (χ4n) is 7.42. The molecule has 48 heavy (non-hydrogen) atoms. The predicted octanol–water partition coefficient (Wildman–Crippen LogP) is 8.52. The van der Waals surface area contributed by atoms with Crippen LogP contribution in [0, 0.1) is 20.8 Å². The van der Waals surface area contributed by atoms with Crippen LogP contribution in [0.4, 0.5) is 32.0 Å². The van der Waals surface area contributed by atoms with Gasteiger partial charge in [-0.3, -0.25) is 24.1 Å². The molecule has 2 heterocycles. The first-order chi connectivity index (χ1) is 21.8. The monoisotopic (exact) mass is 672 g/mol. The molecule has 0 aromatic heterocycles. The van der Waals surface area contributed by atoms with Gasteiger partial charge in [-0.2, -0.15) is 26.3 Å². The van der Waals surface area contributed by atoms with Crippen LogP contribution in [0.1, 0.15) is 116 Å². The number of rotatable bonds is 3. The topological polar surface area (TPSA) is 74.8 Å². The second-order valence-electron chi connectivity index (χ2n) is 14.4. The van der Waals surface area contributed by atoms with E-state index in [-0.39, 0.29) is 16.8 Å². The molecule has 254 valence electrons. The number of alkyl halides is 6. The van der Waals surface area contributed by atoms with Crippen molar-refractivity contribution >= 4 is 29.3 Å². The Hall–Kier alpha value is -4.48. The molecular formula is C36H34F6N2O4. The quantitative estimate of drug-likeness (QED) is 0.207. The summed E-state index contributed by atoms with van der Waals surface area (Å²) in [5, 5.41) is 0. The Morgan fingerprint density at radius 3 is 1.40 bits per heavy atom. The Bertz CT molecular complexity index is 1930. The van der Waals surface area contributed by atoms with Crippen molar-refractivity contribution in [2.24, 2.45) is 0 Å². The zero-order valence-electron chi connectivity index (χ0n) is 27.8. The average molecular weight is 673 g/mol. The maximum absolute atomic E-state index is 15.2. The molecule has 3 aromatic carbocycles. The molecule has 6 nitrogen and oxygen atoms in total. The molecule has 0 saturated heterocycles. The van der Waals surface area contributed by atoms with Crippen LogP contribution in [0.5, 0.6) is 0 Å². The number of nitrogens with zero attached hydrogens (tertiary/aromatic N) is 2. The molecule has 5 rings (SSSR count). The Labute approximate surface area is 273 Å². The van der Waals surface area contributed by atoms with Crippen LogP contribution < -0.4 is 4.90 Å². The van der Waals surface area contributed by atoms with E-state index in [9.17, 15) is 19.2 Å². The third kappa shape index (κ3) is 4.77. The van der Waals surface area contributed by atoms with Crippen molar-refractivity contribution in [2.45, 2.75) is 91.0 Å². The number of aryl methyl sites for hydroxylation is 2. The van der Waals surface area contributed by atoms with E-state index in [4.69, 9.17) is 0 Å². The summed E-state index contributed by atoms with van der Waals surface area (Å²) in [7, 11) is 0. The molecule has 3 aromatic rings. The molecule has 0 fully saturated rings. The SMILES string of the molecule is Cc1cc(C)c(C(C)(C)C)c(C)c1N1C(=O)c2ccc(C(c3ccc4c(c3)C(=O)N(C(C)(C)C)C4=O)(C(F)(F)F)C(F)(F)F)cc2C1=O. The van der Waals surface area contributed by atoms with Gasteiger partial charge >= 0.3 is 12.4 Å². The van der Waals surface area contributed by atoms with Crippen LogP contribution in [-0.2, 0) is 10.8 Å². The van der Waals surface area contributed by atoms with Gasteiger partial charge in [0.2, 0.25) is 5.41 Å². The molecule has 4 amide bonds. The van der Waals surface area contributed by atoms with Gasteiger partial charge in [-0.15, -0.1) is 0 Å². The Morgan fingerprint density at radius 2 is 0.958 bits per heavy atom. The molecular weight excluding hydrogens is 638 g/mol. The van der Waals surface area contributed by atoms with E-state index in [0.717, 1.165) is 33.1 Å². The zero-order chi connectivity index (χ0) is 36.3. The third-order valence-corrected chi connectivity index (χ3v) is 9.07. The van der Waals surface area contributed by atoms with Crippen molar-refractivity contribution in [3.63, 3.8) is 0 Å². The molecule has 0 bridgehead atoms. The van der Waals surface area contributed by atoms with E-state index in [1.165, 1.54) is 20.8 Å². The first-order valence-electron chi connectivity index (χ1n) is 15.1. The third-order valence-electron chi connectivity index (χ3n) is 9.07. The number of halogens is 6. The fraction of sp³-hybridized carbons (Fsp3) is 0.389. The van der Waals surface area contributed by atoms with E-state index in [1.54, 1.807) is 19.9 Å². The second kappa shape index (κ2) is 10.5. The molecule has 2 aliphatic heterocycles. The molecule has 12 heteroatoms. The summed E-state index contributed by atoms with van der Waals surface area (Å²) in [6.07, 6.45) is -12.1. The lowest BCUT2D eigenvalue weighted by Crippen LogP contribution is -2.55. The van der Waals surface area contributed by atoms with E-state index >= 15 is 26.3 Å². The molecule has 0 N–H and O–H groups in total. The van der Waals surface area contributed by atoms with E-state index in [0.29, 0.717) is 35.4 Å². The number of benzene rings is 3. The van der Waals surface area contributed by atoms with Gasteiger partial charge in [-0.05, 0) is 105 Å². The van der Waals surface area contributed by atoms with Crippen LogP contribution in [0.2, 0.25) is 0 Å². The van der Waals surface area contributed by atoms with Crippen LogP contribution in [0.3, 0.4) is 0 Å². The average Bonchev–Trinajstić information content (AvgIpc) is 3.30. The van der Waals surface area contributed by atoms with Gasteiger partial charge in [0.15, 0.2) is 0 Å². The summed E-state index contributed by atoms with van der Waals surface area (Å²) in [6, 6.07) is 5.31. The molecule has 0 spiro atoms. The minimum Gasteiger partial charge on any atom is -0.269 e. The summed E-state index contributed by atoms with van der Waals surface area (Å²) >= 11 is 0. The number of fused-ring (bicyclic) bond motifs is 2. The first-order valence-corrected chi connectivity index (χ1v) is 15.1. The summed E-state index contributed by atoms with van der Waals surface area (Å²) in [6.45, 7) is 15.6. The number of hydrogen-bond donors (Lipinski definition) is 0. The van der Waals surface area contributed by atoms with Crippen molar-refractivity contribution in [1.29, 1.82) is 0 Å². The number of hydrogen-bond acceptors (Lipinski definition) is 4. The van der Waals surface area contributed by atoms with Crippen LogP contribution in [0.25, 0.3) is 0 Å². The lowest BCUT2D eigenvalue weighted by Gasteiger charge is -2.38. The Kier molecular flexibility index (Phi) is 7.63. The van der Waals surface area contributed by atoms with Gasteiger partial charge in [0.25, 0.3) is 23.6 Å². The van der Waals surface area contributed by atoms with E-state index in [2.05, 4.69) is 0 Å². The number of carbonyl (C=O) groups excluding carboxylic acids is 4. The summed E-state index contributed by atoms with van der Waals surface area (Å²) in [4.78, 5) is 55.3. The van der Waals surface area contributed by atoms with Crippen LogP contribution in [-0.4, -0.2) is 46.4 Å². The summed E-state index contributed by atoms with van der Waals surface area (Å²) in [5.41, 5.74) is -7.90. The van der Waals surface area contributed by atoms with Crippen molar-refractivity contribution < 1.29 is 45.5 Å². The smallest absolute Gasteiger partial charge is 0.269 e. The van der Waals surface area contributed by atoms with E-state index < -0.39 is 74.6 Å². The molecule has 2 aliphatic rings. The molecule has 0 radical (unpaired) electrons. The van der Waals surface area contributed by atoms with Gasteiger partial charge in [0, 0.05) is 5.54 Å². The number of anilines is 1. The fourth-order valence-corrected chi connectivity index (χ4v) is 7.42.